The molecular weight excluding hydrogens is 366 g/mol. The fourth-order valence-corrected chi connectivity index (χ4v) is 5.21. The molecule has 3 aliphatic rings. The van der Waals surface area contributed by atoms with Crippen molar-refractivity contribution >= 4 is 29.1 Å². The Balaban J connectivity index is 1.68. The van der Waals surface area contributed by atoms with Gasteiger partial charge < -0.3 is 5.32 Å². The molecule has 3 aliphatic heterocycles. The predicted molar refractivity (Wildman–Crippen MR) is 109 cm³/mol. The minimum atomic E-state index is -1.22. The molecule has 2 aromatic carbocycles. The van der Waals surface area contributed by atoms with Gasteiger partial charge in [0.25, 0.3) is 0 Å². The van der Waals surface area contributed by atoms with E-state index < -0.39 is 17.4 Å². The van der Waals surface area contributed by atoms with E-state index in [2.05, 4.69) is 10.6 Å². The van der Waals surface area contributed by atoms with Crippen LogP contribution in [0.5, 0.6) is 0 Å². The zero-order valence-corrected chi connectivity index (χ0v) is 16.6. The predicted octanol–water partition coefficient (Wildman–Crippen LogP) is 2.58. The zero-order valence-electron chi connectivity index (χ0n) is 16.6. The van der Waals surface area contributed by atoms with Gasteiger partial charge in [-0.05, 0) is 31.0 Å². The molecule has 2 saturated heterocycles. The minimum Gasteiger partial charge on any atom is -0.324 e. The summed E-state index contributed by atoms with van der Waals surface area (Å²) in [6.45, 7) is 5.98. The van der Waals surface area contributed by atoms with Crippen molar-refractivity contribution in [2.45, 2.75) is 32.4 Å². The van der Waals surface area contributed by atoms with Gasteiger partial charge in [0.2, 0.25) is 17.7 Å². The van der Waals surface area contributed by atoms with E-state index in [0.717, 1.165) is 11.1 Å². The van der Waals surface area contributed by atoms with Gasteiger partial charge in [0.05, 0.1) is 17.5 Å². The van der Waals surface area contributed by atoms with Crippen LogP contribution in [0.3, 0.4) is 0 Å². The lowest BCUT2D eigenvalue weighted by molar-refractivity contribution is -0.130. The average molecular weight is 389 g/mol. The Morgan fingerprint density at radius 3 is 2.34 bits per heavy atom. The molecular formula is C23H23N3O3. The van der Waals surface area contributed by atoms with Gasteiger partial charge in [-0.15, -0.1) is 0 Å². The first-order valence-corrected chi connectivity index (χ1v) is 9.99. The summed E-state index contributed by atoms with van der Waals surface area (Å²) in [5.41, 5.74) is 1.83. The van der Waals surface area contributed by atoms with E-state index in [1.807, 2.05) is 57.2 Å². The topological polar surface area (TPSA) is 78.5 Å². The Morgan fingerprint density at radius 1 is 0.966 bits per heavy atom. The van der Waals surface area contributed by atoms with Crippen molar-refractivity contribution in [3.63, 3.8) is 0 Å². The number of carbonyl (C=O) groups is 3. The van der Waals surface area contributed by atoms with Gasteiger partial charge in [0.15, 0.2) is 0 Å². The van der Waals surface area contributed by atoms with Crippen molar-refractivity contribution in [2.75, 3.05) is 10.2 Å². The Kier molecular flexibility index (Phi) is 3.74. The summed E-state index contributed by atoms with van der Waals surface area (Å²) in [6.07, 6.45) is 0. The number of hydrogen-bond donors (Lipinski definition) is 2. The highest BCUT2D eigenvalue weighted by Crippen LogP contribution is 2.54. The first kappa shape index (κ1) is 18.1. The highest BCUT2D eigenvalue weighted by atomic mass is 16.2. The molecule has 3 heterocycles. The molecule has 0 aliphatic carbocycles. The van der Waals surface area contributed by atoms with Gasteiger partial charge in [-0.2, -0.15) is 0 Å². The van der Waals surface area contributed by atoms with E-state index >= 15 is 0 Å². The smallest absolute Gasteiger partial charge is 0.250 e. The number of nitrogens with one attached hydrogen (secondary N) is 2. The molecule has 148 valence electrons. The van der Waals surface area contributed by atoms with Gasteiger partial charge in [-0.3, -0.25) is 19.7 Å². The van der Waals surface area contributed by atoms with Crippen molar-refractivity contribution in [3.05, 3.63) is 59.7 Å². The van der Waals surface area contributed by atoms with E-state index in [4.69, 9.17) is 0 Å². The Morgan fingerprint density at radius 2 is 1.66 bits per heavy atom. The lowest BCUT2D eigenvalue weighted by Crippen LogP contribution is -2.54. The standard InChI is InChI=1S/C23H23N3O3/c1-12(2)19-17-18(21(28)26(20(17)27)14-10-8-13(3)9-11-14)23(25-19)15-6-4-5-7-16(15)24-22(23)29/h4-12,17-19,25H,1-3H3,(H,24,29)/t17-,18-,19+,23+/m0/s1. The summed E-state index contributed by atoms with van der Waals surface area (Å²) in [6, 6.07) is 14.5. The monoisotopic (exact) mass is 389 g/mol. The van der Waals surface area contributed by atoms with Crippen molar-refractivity contribution in [1.29, 1.82) is 0 Å². The first-order valence-electron chi connectivity index (χ1n) is 9.99. The molecule has 0 radical (unpaired) electrons. The second kappa shape index (κ2) is 6.00. The number of carbonyl (C=O) groups excluding carboxylic acids is 3. The fraction of sp³-hybridized carbons (Fsp3) is 0.348. The summed E-state index contributed by atoms with van der Waals surface area (Å²) >= 11 is 0. The van der Waals surface area contributed by atoms with Gasteiger partial charge in [0, 0.05) is 17.3 Å². The highest BCUT2D eigenvalue weighted by Gasteiger charge is 2.70. The molecule has 2 aromatic rings. The number of hydrogen-bond acceptors (Lipinski definition) is 4. The van der Waals surface area contributed by atoms with Crippen LogP contribution in [-0.4, -0.2) is 23.8 Å². The molecule has 2 fully saturated rings. The summed E-state index contributed by atoms with van der Waals surface area (Å²) in [4.78, 5) is 41.7. The van der Waals surface area contributed by atoms with Crippen molar-refractivity contribution < 1.29 is 14.4 Å². The summed E-state index contributed by atoms with van der Waals surface area (Å²) in [5.74, 6) is -2.08. The molecule has 29 heavy (non-hydrogen) atoms. The van der Waals surface area contributed by atoms with Crippen molar-refractivity contribution in [2.24, 2.45) is 17.8 Å². The second-order valence-corrected chi connectivity index (χ2v) is 8.57. The minimum absolute atomic E-state index is 0.0807. The normalized spacial score (nSPS) is 30.3. The molecule has 6 nitrogen and oxygen atoms in total. The first-order chi connectivity index (χ1) is 13.9. The number of para-hydroxylation sites is 1. The average Bonchev–Trinajstić information content (AvgIpc) is 3.28. The van der Waals surface area contributed by atoms with Crippen molar-refractivity contribution in [3.8, 4) is 0 Å². The molecule has 0 bridgehead atoms. The molecule has 0 aromatic heterocycles. The second-order valence-electron chi connectivity index (χ2n) is 8.57. The lowest BCUT2D eigenvalue weighted by Gasteiger charge is -2.30. The van der Waals surface area contributed by atoms with Crippen LogP contribution in [-0.2, 0) is 19.9 Å². The van der Waals surface area contributed by atoms with E-state index in [0.29, 0.717) is 11.4 Å². The van der Waals surface area contributed by atoms with E-state index in [1.165, 1.54) is 4.90 Å². The number of aryl methyl sites for hydroxylation is 1. The van der Waals surface area contributed by atoms with Gasteiger partial charge >= 0.3 is 0 Å². The number of benzene rings is 2. The number of anilines is 2. The Bertz CT molecular complexity index is 1050. The van der Waals surface area contributed by atoms with Crippen LogP contribution in [0.2, 0.25) is 0 Å². The third kappa shape index (κ3) is 2.23. The van der Waals surface area contributed by atoms with E-state index in [9.17, 15) is 14.4 Å². The zero-order chi connectivity index (χ0) is 20.5. The van der Waals surface area contributed by atoms with Gasteiger partial charge in [-0.25, -0.2) is 4.90 Å². The third-order valence-corrected chi connectivity index (χ3v) is 6.57. The van der Waals surface area contributed by atoms with E-state index in [-0.39, 0.29) is 29.7 Å². The molecule has 2 N–H and O–H groups in total. The maximum atomic E-state index is 13.7. The fourth-order valence-electron chi connectivity index (χ4n) is 5.21. The lowest BCUT2D eigenvalue weighted by atomic mass is 9.76. The van der Waals surface area contributed by atoms with Crippen LogP contribution < -0.4 is 15.5 Å². The maximum absolute atomic E-state index is 13.7. The van der Waals surface area contributed by atoms with Crippen LogP contribution in [0.4, 0.5) is 11.4 Å². The highest BCUT2D eigenvalue weighted by molar-refractivity contribution is 6.25. The van der Waals surface area contributed by atoms with E-state index in [1.54, 1.807) is 12.1 Å². The van der Waals surface area contributed by atoms with Gasteiger partial charge in [0.1, 0.15) is 5.54 Å². The molecule has 6 heteroatoms. The molecule has 0 unspecified atom stereocenters. The van der Waals surface area contributed by atoms with Crippen LogP contribution in [0, 0.1) is 24.7 Å². The van der Waals surface area contributed by atoms with Crippen LogP contribution in [0.15, 0.2) is 48.5 Å². The van der Waals surface area contributed by atoms with Crippen LogP contribution >= 0.6 is 0 Å². The maximum Gasteiger partial charge on any atom is 0.250 e. The number of imide groups is 1. The number of fused-ring (bicyclic) bond motifs is 4. The van der Waals surface area contributed by atoms with Crippen LogP contribution in [0.25, 0.3) is 0 Å². The molecule has 4 atom stereocenters. The molecule has 5 rings (SSSR count). The third-order valence-electron chi connectivity index (χ3n) is 6.57. The summed E-state index contributed by atoms with van der Waals surface area (Å²) in [7, 11) is 0. The molecule has 3 amide bonds. The summed E-state index contributed by atoms with van der Waals surface area (Å²) in [5, 5.41) is 6.35. The Hall–Kier alpha value is -2.99. The van der Waals surface area contributed by atoms with Gasteiger partial charge in [-0.1, -0.05) is 49.7 Å². The summed E-state index contributed by atoms with van der Waals surface area (Å²) < 4.78 is 0. The Labute approximate surface area is 169 Å². The number of rotatable bonds is 2. The van der Waals surface area contributed by atoms with Crippen molar-refractivity contribution in [1.82, 2.24) is 5.32 Å². The largest absolute Gasteiger partial charge is 0.324 e. The number of amides is 3. The quantitative estimate of drug-likeness (QED) is 0.774. The molecule has 0 saturated carbocycles. The molecule has 1 spiro atoms. The number of nitrogens with zero attached hydrogens (tertiary/aromatic N) is 1. The van der Waals surface area contributed by atoms with Crippen LogP contribution in [0.1, 0.15) is 25.0 Å². The SMILES string of the molecule is Cc1ccc(N2C(=O)[C@@H]3[C@@H](C(C)C)N[C@@]4(C(=O)Nc5ccccc54)[C@@H]3C2=O)cc1.